The number of thiophene rings is 1. The molecule has 2 atom stereocenters. The van der Waals surface area contributed by atoms with Crippen molar-refractivity contribution in [1.29, 1.82) is 0 Å². The molecule has 2 unspecified atom stereocenters. The third-order valence-corrected chi connectivity index (χ3v) is 3.62. The van der Waals surface area contributed by atoms with Crippen LogP contribution in [-0.4, -0.2) is 4.89 Å². The summed E-state index contributed by atoms with van der Waals surface area (Å²) in [5.41, 5.74) is 0. The minimum atomic E-state index is -2.29. The number of hydrogen-bond donors (Lipinski definition) is 1. The number of halogens is 1. The van der Waals surface area contributed by atoms with Crippen LogP contribution in [0.4, 0.5) is 0 Å². The number of rotatable bonds is 2. The minimum Gasteiger partial charge on any atom is -0.159 e. The summed E-state index contributed by atoms with van der Waals surface area (Å²) >= 11 is 6.94. The van der Waals surface area contributed by atoms with Crippen LogP contribution in [-0.2, 0) is 4.57 Å². The van der Waals surface area contributed by atoms with Gasteiger partial charge in [0, 0.05) is 0 Å². The third kappa shape index (κ3) is 1.77. The van der Waals surface area contributed by atoms with E-state index in [9.17, 15) is 4.57 Å². The van der Waals surface area contributed by atoms with E-state index in [0.29, 0.717) is 0 Å². The minimum absolute atomic E-state index is 0.741. The average Bonchev–Trinajstić information content (AvgIpc) is 2.36. The lowest BCUT2D eigenvalue weighted by Crippen LogP contribution is -1.75. The maximum Gasteiger partial charge on any atom is 0.530 e. The molecule has 0 spiro atoms. The Hall–Kier alpha value is 0.0500. The predicted molar refractivity (Wildman–Crippen MR) is 42.7 cm³/mol. The standard InChI is InChI=1S/C5H4ClO2PS/c6-5(9(7)8)4-2-1-3-10-4/h1-3,5H/p+1. The summed E-state index contributed by atoms with van der Waals surface area (Å²) in [6.45, 7) is 0. The van der Waals surface area contributed by atoms with Crippen molar-refractivity contribution in [1.82, 2.24) is 0 Å². The Morgan fingerprint density at radius 2 is 2.50 bits per heavy atom. The van der Waals surface area contributed by atoms with Crippen LogP contribution in [0.5, 0.6) is 0 Å². The Labute approximate surface area is 68.3 Å². The van der Waals surface area contributed by atoms with E-state index in [-0.39, 0.29) is 0 Å². The van der Waals surface area contributed by atoms with Gasteiger partial charge in [-0.3, -0.25) is 0 Å². The van der Waals surface area contributed by atoms with E-state index in [4.69, 9.17) is 16.5 Å². The van der Waals surface area contributed by atoms with Crippen molar-refractivity contribution in [3.05, 3.63) is 22.4 Å². The molecule has 2 nitrogen and oxygen atoms in total. The largest absolute Gasteiger partial charge is 0.530 e. The molecule has 0 saturated carbocycles. The molecule has 0 aliphatic rings. The van der Waals surface area contributed by atoms with Gasteiger partial charge in [-0.05, 0) is 16.0 Å². The van der Waals surface area contributed by atoms with Gasteiger partial charge in [0.05, 0.1) is 4.88 Å². The van der Waals surface area contributed by atoms with Gasteiger partial charge in [0.1, 0.15) is 0 Å². The first-order valence-corrected chi connectivity index (χ1v) is 5.14. The lowest BCUT2D eigenvalue weighted by atomic mass is 10.5. The van der Waals surface area contributed by atoms with Gasteiger partial charge in [0.15, 0.2) is 0 Å². The molecule has 1 heterocycles. The monoisotopic (exact) mass is 195 g/mol. The fraction of sp³-hybridized carbons (Fsp3) is 0.200. The van der Waals surface area contributed by atoms with Gasteiger partial charge in [-0.2, -0.15) is 4.89 Å². The van der Waals surface area contributed by atoms with E-state index >= 15 is 0 Å². The van der Waals surface area contributed by atoms with Crippen LogP contribution < -0.4 is 0 Å². The molecular formula is C5H5ClO2PS+. The first-order valence-electron chi connectivity index (χ1n) is 2.54. The summed E-state index contributed by atoms with van der Waals surface area (Å²) < 4.78 is 10.4. The molecule has 0 aliphatic heterocycles. The summed E-state index contributed by atoms with van der Waals surface area (Å²) in [6, 6.07) is 3.54. The SMILES string of the molecule is O=[P+](O)C(Cl)c1cccs1. The molecule has 0 aliphatic carbocycles. The highest BCUT2D eigenvalue weighted by Crippen LogP contribution is 2.42. The maximum absolute atomic E-state index is 10.4. The Morgan fingerprint density at radius 1 is 1.80 bits per heavy atom. The van der Waals surface area contributed by atoms with Gasteiger partial charge >= 0.3 is 8.03 Å². The zero-order valence-electron chi connectivity index (χ0n) is 4.90. The lowest BCUT2D eigenvalue weighted by Gasteiger charge is -1.86. The second-order valence-electron chi connectivity index (χ2n) is 1.65. The van der Waals surface area contributed by atoms with Crippen LogP contribution in [0.2, 0.25) is 0 Å². The normalized spacial score (nSPS) is 14.8. The van der Waals surface area contributed by atoms with Crippen molar-refractivity contribution in [2.75, 3.05) is 0 Å². The van der Waals surface area contributed by atoms with Gasteiger partial charge < -0.3 is 0 Å². The summed E-state index contributed by atoms with van der Waals surface area (Å²) in [7, 11) is -2.29. The van der Waals surface area contributed by atoms with Crippen molar-refractivity contribution in [3.8, 4) is 0 Å². The Balaban J connectivity index is 2.77. The molecule has 1 N–H and O–H groups in total. The smallest absolute Gasteiger partial charge is 0.159 e. The molecule has 0 radical (unpaired) electrons. The second kappa shape index (κ2) is 3.44. The topological polar surface area (TPSA) is 37.3 Å². The van der Waals surface area contributed by atoms with Gasteiger partial charge in [0.2, 0.25) is 0 Å². The van der Waals surface area contributed by atoms with Crippen molar-refractivity contribution >= 4 is 31.0 Å². The van der Waals surface area contributed by atoms with E-state index in [0.717, 1.165) is 4.88 Å². The highest BCUT2D eigenvalue weighted by Gasteiger charge is 2.28. The lowest BCUT2D eigenvalue weighted by molar-refractivity contribution is 0.501. The van der Waals surface area contributed by atoms with Gasteiger partial charge in [-0.1, -0.05) is 17.7 Å². The Morgan fingerprint density at radius 3 is 2.90 bits per heavy atom. The van der Waals surface area contributed by atoms with E-state index in [1.807, 2.05) is 5.38 Å². The molecule has 0 fully saturated rings. The summed E-state index contributed by atoms with van der Waals surface area (Å²) in [6.07, 6.45) is 0. The molecule has 1 aromatic rings. The molecule has 54 valence electrons. The third-order valence-electron chi connectivity index (χ3n) is 0.972. The Bertz CT molecular complexity index is 224. The molecule has 0 amide bonds. The molecule has 5 heteroatoms. The zero-order chi connectivity index (χ0) is 7.56. The number of hydrogen-bond acceptors (Lipinski definition) is 2. The molecule has 0 bridgehead atoms. The van der Waals surface area contributed by atoms with Crippen LogP contribution in [0.15, 0.2) is 17.5 Å². The van der Waals surface area contributed by atoms with Gasteiger partial charge in [-0.15, -0.1) is 11.3 Å². The molecule has 1 rings (SSSR count). The van der Waals surface area contributed by atoms with Crippen LogP contribution >= 0.6 is 31.0 Å². The van der Waals surface area contributed by atoms with Crippen molar-refractivity contribution < 1.29 is 9.46 Å². The quantitative estimate of drug-likeness (QED) is 0.582. The second-order valence-corrected chi connectivity index (χ2v) is 4.50. The first kappa shape index (κ1) is 8.15. The summed E-state index contributed by atoms with van der Waals surface area (Å²) in [5, 5.41) is 1.08. The fourth-order valence-electron chi connectivity index (χ4n) is 0.536. The molecule has 10 heavy (non-hydrogen) atoms. The zero-order valence-corrected chi connectivity index (χ0v) is 7.37. The van der Waals surface area contributed by atoms with E-state index in [2.05, 4.69) is 0 Å². The number of alkyl halides is 1. The van der Waals surface area contributed by atoms with E-state index in [1.165, 1.54) is 11.3 Å². The Kier molecular flexibility index (Phi) is 2.81. The average molecular weight is 196 g/mol. The molecule has 0 saturated heterocycles. The molecule has 0 aromatic carbocycles. The van der Waals surface area contributed by atoms with Crippen molar-refractivity contribution in [2.45, 2.75) is 5.12 Å². The maximum atomic E-state index is 10.4. The van der Waals surface area contributed by atoms with Crippen LogP contribution in [0.1, 0.15) is 10.00 Å². The van der Waals surface area contributed by atoms with E-state index in [1.54, 1.807) is 12.1 Å². The summed E-state index contributed by atoms with van der Waals surface area (Å²) in [5.74, 6) is 0. The highest BCUT2D eigenvalue weighted by atomic mass is 35.5. The van der Waals surface area contributed by atoms with Crippen molar-refractivity contribution in [2.24, 2.45) is 0 Å². The van der Waals surface area contributed by atoms with Crippen LogP contribution in [0.25, 0.3) is 0 Å². The first-order chi connectivity index (χ1) is 4.72. The van der Waals surface area contributed by atoms with Gasteiger partial charge in [0.25, 0.3) is 5.12 Å². The fourth-order valence-corrected chi connectivity index (χ4v) is 2.10. The molecular weight excluding hydrogens is 191 g/mol. The van der Waals surface area contributed by atoms with E-state index < -0.39 is 13.1 Å². The van der Waals surface area contributed by atoms with Crippen LogP contribution in [0, 0.1) is 0 Å². The van der Waals surface area contributed by atoms with Crippen molar-refractivity contribution in [3.63, 3.8) is 0 Å². The van der Waals surface area contributed by atoms with Gasteiger partial charge in [-0.25, -0.2) is 0 Å². The van der Waals surface area contributed by atoms with Crippen LogP contribution in [0.3, 0.4) is 0 Å². The summed E-state index contributed by atoms with van der Waals surface area (Å²) in [4.78, 5) is 9.32. The highest BCUT2D eigenvalue weighted by molar-refractivity contribution is 7.41. The predicted octanol–water partition coefficient (Wildman–Crippen LogP) is 2.72. The molecule has 1 aromatic heterocycles.